The minimum Gasteiger partial charge on any atom is -0.389 e. The fourth-order valence-electron chi connectivity index (χ4n) is 2.50. The predicted molar refractivity (Wildman–Crippen MR) is 86.4 cm³/mol. The van der Waals surface area contributed by atoms with Crippen molar-refractivity contribution in [2.75, 3.05) is 0 Å². The number of aromatic nitrogens is 2. The first-order chi connectivity index (χ1) is 10.3. The number of imidazole rings is 1. The Morgan fingerprint density at radius 1 is 1.18 bits per heavy atom. The van der Waals surface area contributed by atoms with E-state index in [9.17, 15) is 9.50 Å². The highest BCUT2D eigenvalue weighted by Crippen LogP contribution is 2.27. The molecule has 0 bridgehead atoms. The predicted octanol–water partition coefficient (Wildman–Crippen LogP) is 4.27. The van der Waals surface area contributed by atoms with E-state index in [2.05, 4.69) is 4.98 Å². The first-order valence-corrected chi connectivity index (χ1v) is 7.33. The maximum atomic E-state index is 13.5. The van der Waals surface area contributed by atoms with Crippen molar-refractivity contribution in [1.29, 1.82) is 0 Å². The summed E-state index contributed by atoms with van der Waals surface area (Å²) in [5.74, 6) is -0.368. The molecule has 1 aromatic heterocycles. The van der Waals surface area contributed by atoms with Gasteiger partial charge in [0.2, 0.25) is 0 Å². The molecule has 22 heavy (non-hydrogen) atoms. The fourth-order valence-corrected chi connectivity index (χ4v) is 2.72. The monoisotopic (exact) mass is 318 g/mol. The zero-order chi connectivity index (χ0) is 15.9. The van der Waals surface area contributed by atoms with Crippen LogP contribution in [-0.4, -0.2) is 20.3 Å². The Morgan fingerprint density at radius 3 is 2.64 bits per heavy atom. The summed E-state index contributed by atoms with van der Waals surface area (Å²) in [6.45, 7) is 3.92. The standard InChI is InChI=1S/C17H16ClFN2O/c1-17(2,22)9-21-10-20-15-4-3-11(7-16(15)21)12-5-13(18)8-14(19)6-12/h3-8,10,22H,9H2,1-2H3. The van der Waals surface area contributed by atoms with Crippen molar-refractivity contribution >= 4 is 22.6 Å². The van der Waals surface area contributed by atoms with Crippen molar-refractivity contribution in [3.8, 4) is 11.1 Å². The summed E-state index contributed by atoms with van der Waals surface area (Å²) in [4.78, 5) is 4.32. The van der Waals surface area contributed by atoms with E-state index >= 15 is 0 Å². The zero-order valence-electron chi connectivity index (χ0n) is 12.3. The summed E-state index contributed by atoms with van der Waals surface area (Å²) >= 11 is 5.92. The highest BCUT2D eigenvalue weighted by Gasteiger charge is 2.15. The molecular formula is C17H16ClFN2O. The Bertz CT molecular complexity index is 816. The summed E-state index contributed by atoms with van der Waals surface area (Å²) in [7, 11) is 0. The lowest BCUT2D eigenvalue weighted by Gasteiger charge is -2.18. The molecular weight excluding hydrogens is 303 g/mol. The van der Waals surface area contributed by atoms with Gasteiger partial charge in [0.25, 0.3) is 0 Å². The Balaban J connectivity index is 2.10. The highest BCUT2D eigenvalue weighted by molar-refractivity contribution is 6.30. The molecule has 0 aliphatic heterocycles. The molecule has 0 aliphatic carbocycles. The van der Waals surface area contributed by atoms with E-state index in [1.807, 2.05) is 22.8 Å². The molecule has 3 rings (SSSR count). The maximum absolute atomic E-state index is 13.5. The number of rotatable bonds is 3. The number of nitrogens with zero attached hydrogens (tertiary/aromatic N) is 2. The van der Waals surface area contributed by atoms with Crippen LogP contribution in [0, 0.1) is 5.82 Å². The van der Waals surface area contributed by atoms with Crippen LogP contribution in [0.5, 0.6) is 0 Å². The average molecular weight is 319 g/mol. The summed E-state index contributed by atoms with van der Waals surface area (Å²) < 4.78 is 15.4. The van der Waals surface area contributed by atoms with E-state index < -0.39 is 5.60 Å². The van der Waals surface area contributed by atoms with Gasteiger partial charge in [-0.25, -0.2) is 9.37 Å². The topological polar surface area (TPSA) is 38.0 Å². The highest BCUT2D eigenvalue weighted by atomic mass is 35.5. The Labute approximate surface area is 133 Å². The van der Waals surface area contributed by atoms with Crippen LogP contribution >= 0.6 is 11.6 Å². The lowest BCUT2D eigenvalue weighted by molar-refractivity contribution is 0.0627. The van der Waals surface area contributed by atoms with E-state index in [-0.39, 0.29) is 5.82 Å². The molecule has 1 N–H and O–H groups in total. The first kappa shape index (κ1) is 15.0. The van der Waals surface area contributed by atoms with Crippen LogP contribution in [0.1, 0.15) is 13.8 Å². The van der Waals surface area contributed by atoms with E-state index in [4.69, 9.17) is 11.6 Å². The van der Waals surface area contributed by atoms with Gasteiger partial charge in [-0.1, -0.05) is 17.7 Å². The number of aliphatic hydroxyl groups is 1. The molecule has 3 nitrogen and oxygen atoms in total. The summed E-state index contributed by atoms with van der Waals surface area (Å²) in [6.07, 6.45) is 1.70. The van der Waals surface area contributed by atoms with Gasteiger partial charge in [0, 0.05) is 5.02 Å². The third-order valence-corrected chi connectivity index (χ3v) is 3.59. The van der Waals surface area contributed by atoms with Crippen LogP contribution in [0.25, 0.3) is 22.2 Å². The van der Waals surface area contributed by atoms with Gasteiger partial charge in [0.05, 0.1) is 29.5 Å². The number of benzene rings is 2. The molecule has 0 aliphatic rings. The second-order valence-corrected chi connectivity index (χ2v) is 6.48. The van der Waals surface area contributed by atoms with E-state index in [0.29, 0.717) is 17.1 Å². The molecule has 0 saturated carbocycles. The third kappa shape index (κ3) is 3.13. The molecule has 5 heteroatoms. The van der Waals surface area contributed by atoms with Gasteiger partial charge >= 0.3 is 0 Å². The summed E-state index contributed by atoms with van der Waals surface area (Å²) in [5.41, 5.74) is 2.44. The number of halogens is 2. The largest absolute Gasteiger partial charge is 0.389 e. The Hall–Kier alpha value is -1.91. The molecule has 0 spiro atoms. The Kier molecular flexibility index (Phi) is 3.67. The number of fused-ring (bicyclic) bond motifs is 1. The van der Waals surface area contributed by atoms with Gasteiger partial charge in [-0.05, 0) is 55.3 Å². The van der Waals surface area contributed by atoms with Crippen LogP contribution in [0.4, 0.5) is 4.39 Å². The molecule has 114 valence electrons. The lowest BCUT2D eigenvalue weighted by atomic mass is 10.0. The van der Waals surface area contributed by atoms with Gasteiger partial charge in [0.15, 0.2) is 0 Å². The lowest BCUT2D eigenvalue weighted by Crippen LogP contribution is -2.25. The number of hydrogen-bond acceptors (Lipinski definition) is 2. The molecule has 0 atom stereocenters. The molecule has 0 radical (unpaired) electrons. The smallest absolute Gasteiger partial charge is 0.125 e. The third-order valence-electron chi connectivity index (χ3n) is 3.37. The minimum atomic E-state index is -0.841. The van der Waals surface area contributed by atoms with Crippen molar-refractivity contribution in [3.63, 3.8) is 0 Å². The molecule has 3 aromatic rings. The van der Waals surface area contributed by atoms with Crippen molar-refractivity contribution in [3.05, 3.63) is 53.6 Å². The fraction of sp³-hybridized carbons (Fsp3) is 0.235. The average Bonchev–Trinajstić information content (AvgIpc) is 2.78. The van der Waals surface area contributed by atoms with Gasteiger partial charge in [-0.2, -0.15) is 0 Å². The molecule has 0 amide bonds. The van der Waals surface area contributed by atoms with Gasteiger partial charge in [0.1, 0.15) is 5.82 Å². The van der Waals surface area contributed by atoms with E-state index in [1.54, 1.807) is 26.2 Å². The second-order valence-electron chi connectivity index (χ2n) is 6.05. The summed E-state index contributed by atoms with van der Waals surface area (Å²) in [5, 5.41) is 10.4. The van der Waals surface area contributed by atoms with E-state index in [0.717, 1.165) is 16.6 Å². The van der Waals surface area contributed by atoms with Crippen molar-refractivity contribution < 1.29 is 9.50 Å². The molecule has 1 heterocycles. The van der Waals surface area contributed by atoms with Crippen LogP contribution in [-0.2, 0) is 6.54 Å². The maximum Gasteiger partial charge on any atom is 0.125 e. The second kappa shape index (κ2) is 5.38. The van der Waals surface area contributed by atoms with Crippen molar-refractivity contribution in [2.24, 2.45) is 0 Å². The summed E-state index contributed by atoms with van der Waals surface area (Å²) in [6, 6.07) is 10.1. The van der Waals surface area contributed by atoms with Gasteiger partial charge in [-0.15, -0.1) is 0 Å². The molecule has 0 unspecified atom stereocenters. The molecule has 0 saturated heterocycles. The normalized spacial score (nSPS) is 12.0. The Morgan fingerprint density at radius 2 is 1.95 bits per heavy atom. The zero-order valence-corrected chi connectivity index (χ0v) is 13.1. The minimum absolute atomic E-state index is 0.361. The number of hydrogen-bond donors (Lipinski definition) is 1. The molecule has 0 fully saturated rings. The molecule has 2 aromatic carbocycles. The van der Waals surface area contributed by atoms with Crippen LogP contribution in [0.2, 0.25) is 5.02 Å². The van der Waals surface area contributed by atoms with Gasteiger partial charge < -0.3 is 9.67 Å². The van der Waals surface area contributed by atoms with Crippen molar-refractivity contribution in [1.82, 2.24) is 9.55 Å². The van der Waals surface area contributed by atoms with E-state index in [1.165, 1.54) is 12.1 Å². The van der Waals surface area contributed by atoms with Gasteiger partial charge in [-0.3, -0.25) is 0 Å². The van der Waals surface area contributed by atoms with Crippen LogP contribution in [0.3, 0.4) is 0 Å². The van der Waals surface area contributed by atoms with Crippen LogP contribution < -0.4 is 0 Å². The SMILES string of the molecule is CC(C)(O)Cn1cnc2ccc(-c3cc(F)cc(Cl)c3)cc21. The quantitative estimate of drug-likeness (QED) is 0.783. The first-order valence-electron chi connectivity index (χ1n) is 6.96. The van der Waals surface area contributed by atoms with Crippen LogP contribution in [0.15, 0.2) is 42.7 Å². The van der Waals surface area contributed by atoms with Crippen molar-refractivity contribution in [2.45, 2.75) is 26.0 Å².